The largest absolute Gasteiger partial charge is 0.390 e. The van der Waals surface area contributed by atoms with E-state index in [-0.39, 0.29) is 17.3 Å². The average Bonchev–Trinajstić information content (AvgIpc) is 2.82. The average molecular weight is 306 g/mol. The molecular formula is C20H34O2. The highest BCUT2D eigenvalue weighted by atomic mass is 16.5. The smallest absolute Gasteiger partial charge is 0.0921 e. The van der Waals surface area contributed by atoms with Crippen LogP contribution >= 0.6 is 0 Å². The number of fused-ring (bicyclic) bond motifs is 2. The summed E-state index contributed by atoms with van der Waals surface area (Å²) in [4.78, 5) is 0. The second-order valence-electron chi connectivity index (χ2n) is 8.03. The van der Waals surface area contributed by atoms with Crippen molar-refractivity contribution in [1.29, 1.82) is 0 Å². The van der Waals surface area contributed by atoms with Crippen LogP contribution in [0.4, 0.5) is 0 Å². The third-order valence-electron chi connectivity index (χ3n) is 5.88. The Morgan fingerprint density at radius 1 is 1.14 bits per heavy atom. The summed E-state index contributed by atoms with van der Waals surface area (Å²) < 4.78 is 6.59. The molecule has 0 amide bonds. The summed E-state index contributed by atoms with van der Waals surface area (Å²) >= 11 is 0. The Labute approximate surface area is 136 Å². The molecule has 2 heteroatoms. The highest BCUT2D eigenvalue weighted by molar-refractivity contribution is 5.10. The lowest BCUT2D eigenvalue weighted by Gasteiger charge is -2.38. The molecule has 1 fully saturated rings. The minimum absolute atomic E-state index is 0.104. The first-order valence-corrected chi connectivity index (χ1v) is 8.97. The molecular weight excluding hydrogens is 272 g/mol. The summed E-state index contributed by atoms with van der Waals surface area (Å²) in [7, 11) is 0. The number of rotatable bonds is 1. The van der Waals surface area contributed by atoms with Crippen molar-refractivity contribution in [3.8, 4) is 0 Å². The van der Waals surface area contributed by atoms with E-state index in [9.17, 15) is 5.11 Å². The first kappa shape index (κ1) is 17.7. The van der Waals surface area contributed by atoms with Gasteiger partial charge in [0.2, 0.25) is 0 Å². The molecule has 126 valence electrons. The highest BCUT2D eigenvalue weighted by Gasteiger charge is 2.50. The molecule has 2 nitrogen and oxygen atoms in total. The fraction of sp³-hybridized carbons (Fsp3) is 0.800. The number of hydrogen-bond donors (Lipinski definition) is 1. The van der Waals surface area contributed by atoms with Gasteiger partial charge in [0.1, 0.15) is 0 Å². The van der Waals surface area contributed by atoms with Gasteiger partial charge in [0, 0.05) is 0 Å². The van der Waals surface area contributed by atoms with Gasteiger partial charge in [0.05, 0.1) is 17.3 Å². The van der Waals surface area contributed by atoms with Gasteiger partial charge >= 0.3 is 0 Å². The fourth-order valence-corrected chi connectivity index (χ4v) is 3.81. The lowest BCUT2D eigenvalue weighted by Crippen LogP contribution is -2.44. The molecule has 2 bridgehead atoms. The van der Waals surface area contributed by atoms with Gasteiger partial charge in [0.15, 0.2) is 0 Å². The Kier molecular flexibility index (Phi) is 5.55. The van der Waals surface area contributed by atoms with E-state index in [1.807, 2.05) is 0 Å². The third kappa shape index (κ3) is 3.83. The van der Waals surface area contributed by atoms with Crippen molar-refractivity contribution in [3.05, 3.63) is 23.3 Å². The number of allylic oxidation sites excluding steroid dienone is 3. The van der Waals surface area contributed by atoms with Gasteiger partial charge in [-0.3, -0.25) is 0 Å². The monoisotopic (exact) mass is 306 g/mol. The van der Waals surface area contributed by atoms with Gasteiger partial charge in [-0.1, -0.05) is 37.1 Å². The van der Waals surface area contributed by atoms with Gasteiger partial charge in [-0.05, 0) is 71.6 Å². The topological polar surface area (TPSA) is 29.5 Å². The molecule has 0 unspecified atom stereocenters. The SMILES string of the molecule is C/C1=C\C[C@@]2(C(C)C)CC[C@@](C)(O2)[C@H](O)CC/C(C)=C/CC1. The van der Waals surface area contributed by atoms with Gasteiger partial charge in [0.25, 0.3) is 0 Å². The van der Waals surface area contributed by atoms with Crippen LogP contribution in [0.1, 0.15) is 79.6 Å². The van der Waals surface area contributed by atoms with Gasteiger partial charge < -0.3 is 9.84 Å². The molecule has 2 heterocycles. The first-order chi connectivity index (χ1) is 10.3. The maximum absolute atomic E-state index is 10.7. The molecule has 0 saturated carbocycles. The maximum atomic E-state index is 10.7. The van der Waals surface area contributed by atoms with Gasteiger partial charge in [-0.25, -0.2) is 0 Å². The molecule has 0 radical (unpaired) electrons. The minimum atomic E-state index is -0.389. The molecule has 2 aliphatic rings. The Hall–Kier alpha value is -0.600. The zero-order valence-electron chi connectivity index (χ0n) is 15.1. The van der Waals surface area contributed by atoms with Crippen LogP contribution in [0.25, 0.3) is 0 Å². The number of aliphatic hydroxyl groups excluding tert-OH is 1. The van der Waals surface area contributed by atoms with Crippen molar-refractivity contribution in [2.24, 2.45) is 5.92 Å². The van der Waals surface area contributed by atoms with Crippen LogP contribution in [0.15, 0.2) is 23.3 Å². The van der Waals surface area contributed by atoms with Crippen molar-refractivity contribution < 1.29 is 9.84 Å². The van der Waals surface area contributed by atoms with Gasteiger partial charge in [-0.15, -0.1) is 0 Å². The van der Waals surface area contributed by atoms with Crippen molar-refractivity contribution in [1.82, 2.24) is 0 Å². The minimum Gasteiger partial charge on any atom is -0.390 e. The number of aliphatic hydroxyl groups is 1. The normalized spacial score (nSPS) is 42.6. The Balaban J connectivity index is 2.27. The van der Waals surface area contributed by atoms with Crippen LogP contribution in [0.5, 0.6) is 0 Å². The van der Waals surface area contributed by atoms with E-state index >= 15 is 0 Å². The van der Waals surface area contributed by atoms with Crippen LogP contribution < -0.4 is 0 Å². The Morgan fingerprint density at radius 2 is 1.82 bits per heavy atom. The quantitative estimate of drug-likeness (QED) is 0.677. The first-order valence-electron chi connectivity index (χ1n) is 8.97. The zero-order chi connectivity index (χ0) is 16.4. The lowest BCUT2D eigenvalue weighted by molar-refractivity contribution is -0.162. The Bertz CT molecular complexity index is 449. The van der Waals surface area contributed by atoms with Crippen molar-refractivity contribution >= 4 is 0 Å². The zero-order valence-corrected chi connectivity index (χ0v) is 15.1. The molecule has 0 spiro atoms. The molecule has 0 aromatic rings. The van der Waals surface area contributed by atoms with Crippen LogP contribution in [-0.4, -0.2) is 22.4 Å². The third-order valence-corrected chi connectivity index (χ3v) is 5.88. The van der Waals surface area contributed by atoms with E-state index in [1.54, 1.807) is 0 Å². The second kappa shape index (κ2) is 6.88. The fourth-order valence-electron chi connectivity index (χ4n) is 3.81. The van der Waals surface area contributed by atoms with E-state index < -0.39 is 0 Å². The van der Waals surface area contributed by atoms with E-state index in [2.05, 4.69) is 46.8 Å². The molecule has 1 N–H and O–H groups in total. The molecule has 0 aromatic heterocycles. The van der Waals surface area contributed by atoms with E-state index in [1.165, 1.54) is 11.1 Å². The van der Waals surface area contributed by atoms with Gasteiger partial charge in [-0.2, -0.15) is 0 Å². The molecule has 1 saturated heterocycles. The molecule has 0 aliphatic carbocycles. The van der Waals surface area contributed by atoms with Crippen LogP contribution in [0.3, 0.4) is 0 Å². The number of ether oxygens (including phenoxy) is 1. The molecule has 3 atom stereocenters. The van der Waals surface area contributed by atoms with E-state index in [0.29, 0.717) is 5.92 Å². The number of hydrogen-bond acceptors (Lipinski definition) is 2. The molecule has 0 aromatic carbocycles. The molecule has 22 heavy (non-hydrogen) atoms. The highest BCUT2D eigenvalue weighted by Crippen LogP contribution is 2.47. The molecule has 2 rings (SSSR count). The maximum Gasteiger partial charge on any atom is 0.0921 e. The standard InChI is InChI=1S/C20H34O2/c1-15(2)20-12-11-17(4)8-6-7-16(3)9-10-18(21)19(5,22-20)13-14-20/h7,11,15,18,21H,6,8-10,12-14H2,1-5H3/b16-7+,17-11+/t18-,19-,20+/m1/s1. The lowest BCUT2D eigenvalue weighted by atomic mass is 9.82. The summed E-state index contributed by atoms with van der Waals surface area (Å²) in [6.45, 7) is 11.0. The molecule has 2 aliphatic heterocycles. The van der Waals surface area contributed by atoms with Crippen molar-refractivity contribution in [2.45, 2.75) is 96.9 Å². The second-order valence-corrected chi connectivity index (χ2v) is 8.03. The van der Waals surface area contributed by atoms with E-state index in [4.69, 9.17) is 4.74 Å². The van der Waals surface area contributed by atoms with Crippen LogP contribution in [0, 0.1) is 5.92 Å². The van der Waals surface area contributed by atoms with Crippen molar-refractivity contribution in [2.75, 3.05) is 0 Å². The summed E-state index contributed by atoms with van der Waals surface area (Å²) in [5.74, 6) is 0.468. The predicted octanol–water partition coefficient (Wildman–Crippen LogP) is 5.17. The van der Waals surface area contributed by atoms with Crippen LogP contribution in [-0.2, 0) is 4.74 Å². The summed E-state index contributed by atoms with van der Waals surface area (Å²) in [6.07, 6.45) is 11.3. The summed E-state index contributed by atoms with van der Waals surface area (Å²) in [6, 6.07) is 0. The summed E-state index contributed by atoms with van der Waals surface area (Å²) in [5, 5.41) is 10.7. The summed E-state index contributed by atoms with van der Waals surface area (Å²) in [5.41, 5.74) is 2.36. The van der Waals surface area contributed by atoms with E-state index in [0.717, 1.165) is 44.9 Å². The van der Waals surface area contributed by atoms with Crippen LogP contribution in [0.2, 0.25) is 0 Å². The van der Waals surface area contributed by atoms with Crippen molar-refractivity contribution in [3.63, 3.8) is 0 Å². The predicted molar refractivity (Wildman–Crippen MR) is 92.9 cm³/mol. The Morgan fingerprint density at radius 3 is 2.50 bits per heavy atom.